The average Bonchev–Trinajstić information content (AvgIpc) is 2.67. The van der Waals surface area contributed by atoms with Crippen LogP contribution in [0.15, 0.2) is 0 Å². The van der Waals surface area contributed by atoms with Crippen molar-refractivity contribution in [3.8, 4) is 0 Å². The van der Waals surface area contributed by atoms with Crippen molar-refractivity contribution in [2.75, 3.05) is 6.61 Å². The van der Waals surface area contributed by atoms with Gasteiger partial charge < -0.3 is 9.84 Å². The van der Waals surface area contributed by atoms with E-state index >= 15 is 0 Å². The highest BCUT2D eigenvalue weighted by Crippen LogP contribution is 2.25. The summed E-state index contributed by atoms with van der Waals surface area (Å²) in [6.45, 7) is 5.03. The summed E-state index contributed by atoms with van der Waals surface area (Å²) in [5.74, 6) is 0. The van der Waals surface area contributed by atoms with Gasteiger partial charge in [-0.15, -0.1) is 0 Å². The van der Waals surface area contributed by atoms with Crippen LogP contribution in [0.5, 0.6) is 0 Å². The van der Waals surface area contributed by atoms with Gasteiger partial charge in [-0.05, 0) is 38.5 Å². The molecule has 0 aliphatic carbocycles. The Morgan fingerprint density at radius 2 is 2.08 bits per heavy atom. The second-order valence-corrected chi connectivity index (χ2v) is 4.11. The van der Waals surface area contributed by atoms with Gasteiger partial charge in [0.15, 0.2) is 0 Å². The molecule has 0 saturated carbocycles. The van der Waals surface area contributed by atoms with Crippen LogP contribution < -0.4 is 0 Å². The molecule has 1 aliphatic rings. The maximum Gasteiger partial charge on any atom is 0.0643 e. The number of hydrogen-bond donors (Lipinski definition) is 1. The number of aliphatic hydroxyl groups is 1. The van der Waals surface area contributed by atoms with E-state index in [9.17, 15) is 5.11 Å². The van der Waals surface area contributed by atoms with Gasteiger partial charge in [0.05, 0.1) is 11.7 Å². The summed E-state index contributed by atoms with van der Waals surface area (Å²) in [5, 5.41) is 10.0. The summed E-state index contributed by atoms with van der Waals surface area (Å²) in [6, 6.07) is 0. The molecule has 1 rings (SSSR count). The van der Waals surface area contributed by atoms with E-state index in [4.69, 9.17) is 4.74 Å². The summed E-state index contributed by atoms with van der Waals surface area (Å²) in [7, 11) is 0. The van der Waals surface area contributed by atoms with Crippen LogP contribution in [0, 0.1) is 0 Å². The van der Waals surface area contributed by atoms with Crippen molar-refractivity contribution in [2.45, 2.75) is 64.1 Å². The normalized spacial score (nSPS) is 23.8. The smallest absolute Gasteiger partial charge is 0.0643 e. The van der Waals surface area contributed by atoms with Gasteiger partial charge in [-0.2, -0.15) is 0 Å². The monoisotopic (exact) mass is 186 g/mol. The highest BCUT2D eigenvalue weighted by atomic mass is 16.5. The van der Waals surface area contributed by atoms with Crippen LogP contribution in [-0.4, -0.2) is 23.4 Å². The number of ether oxygens (including phenoxy) is 1. The van der Waals surface area contributed by atoms with Gasteiger partial charge in [0.2, 0.25) is 0 Å². The Morgan fingerprint density at radius 3 is 2.54 bits per heavy atom. The third kappa shape index (κ3) is 3.28. The molecule has 1 heterocycles. The Morgan fingerprint density at radius 1 is 1.38 bits per heavy atom. The summed E-state index contributed by atoms with van der Waals surface area (Å²) in [4.78, 5) is 0. The fourth-order valence-electron chi connectivity index (χ4n) is 1.91. The number of hydrogen-bond acceptors (Lipinski definition) is 2. The Labute approximate surface area is 81.3 Å². The molecular weight excluding hydrogens is 164 g/mol. The fourth-order valence-corrected chi connectivity index (χ4v) is 1.91. The largest absolute Gasteiger partial charge is 0.390 e. The van der Waals surface area contributed by atoms with Gasteiger partial charge in [-0.25, -0.2) is 0 Å². The van der Waals surface area contributed by atoms with Crippen molar-refractivity contribution >= 4 is 0 Å². The standard InChI is InChI=1S/C11H22O2/c1-3-11(12,4-2)8-7-10-6-5-9-13-10/h10,12H,3-9H2,1-2H3. The third-order valence-corrected chi connectivity index (χ3v) is 3.27. The van der Waals surface area contributed by atoms with E-state index in [0.29, 0.717) is 6.10 Å². The van der Waals surface area contributed by atoms with Gasteiger partial charge in [0.1, 0.15) is 0 Å². The molecule has 0 radical (unpaired) electrons. The average molecular weight is 186 g/mol. The van der Waals surface area contributed by atoms with E-state index in [1.165, 1.54) is 12.8 Å². The zero-order chi connectivity index (χ0) is 9.73. The van der Waals surface area contributed by atoms with Gasteiger partial charge >= 0.3 is 0 Å². The van der Waals surface area contributed by atoms with E-state index in [2.05, 4.69) is 13.8 Å². The summed E-state index contributed by atoms with van der Waals surface area (Å²) in [5.41, 5.74) is -0.439. The topological polar surface area (TPSA) is 29.5 Å². The van der Waals surface area contributed by atoms with E-state index in [1.54, 1.807) is 0 Å². The van der Waals surface area contributed by atoms with Crippen molar-refractivity contribution < 1.29 is 9.84 Å². The van der Waals surface area contributed by atoms with Crippen molar-refractivity contribution in [2.24, 2.45) is 0 Å². The highest BCUT2D eigenvalue weighted by molar-refractivity contribution is 4.77. The molecule has 1 aliphatic heterocycles. The van der Waals surface area contributed by atoms with E-state index in [-0.39, 0.29) is 0 Å². The predicted octanol–water partition coefficient (Wildman–Crippen LogP) is 2.50. The minimum Gasteiger partial charge on any atom is -0.390 e. The first-order chi connectivity index (χ1) is 6.20. The van der Waals surface area contributed by atoms with Crippen LogP contribution in [0.3, 0.4) is 0 Å². The van der Waals surface area contributed by atoms with Gasteiger partial charge in [-0.1, -0.05) is 13.8 Å². The predicted molar refractivity (Wildman–Crippen MR) is 53.7 cm³/mol. The van der Waals surface area contributed by atoms with E-state index < -0.39 is 5.60 Å². The van der Waals surface area contributed by atoms with Crippen LogP contribution in [0.2, 0.25) is 0 Å². The minimum absolute atomic E-state index is 0.421. The first-order valence-corrected chi connectivity index (χ1v) is 5.54. The molecule has 13 heavy (non-hydrogen) atoms. The van der Waals surface area contributed by atoms with E-state index in [1.807, 2.05) is 0 Å². The molecule has 1 atom stereocenters. The highest BCUT2D eigenvalue weighted by Gasteiger charge is 2.25. The molecule has 0 amide bonds. The maximum atomic E-state index is 10.0. The molecule has 1 unspecified atom stereocenters. The molecule has 0 aromatic carbocycles. The molecule has 78 valence electrons. The Kier molecular flexibility index (Phi) is 4.20. The summed E-state index contributed by atoms with van der Waals surface area (Å²) < 4.78 is 5.53. The number of rotatable bonds is 5. The van der Waals surface area contributed by atoms with Gasteiger partial charge in [-0.3, -0.25) is 0 Å². The van der Waals surface area contributed by atoms with Crippen LogP contribution in [0.25, 0.3) is 0 Å². The van der Waals surface area contributed by atoms with Crippen molar-refractivity contribution in [3.05, 3.63) is 0 Å². The lowest BCUT2D eigenvalue weighted by atomic mass is 9.90. The lowest BCUT2D eigenvalue weighted by molar-refractivity contribution is 0.00422. The van der Waals surface area contributed by atoms with Crippen molar-refractivity contribution in [1.29, 1.82) is 0 Å². The van der Waals surface area contributed by atoms with Crippen LogP contribution in [0.4, 0.5) is 0 Å². The second kappa shape index (κ2) is 4.97. The molecule has 1 fully saturated rings. The SMILES string of the molecule is CCC(O)(CC)CCC1CCCO1. The molecule has 2 heteroatoms. The van der Waals surface area contributed by atoms with Gasteiger partial charge in [0.25, 0.3) is 0 Å². The molecule has 1 saturated heterocycles. The third-order valence-electron chi connectivity index (χ3n) is 3.27. The zero-order valence-electron chi connectivity index (χ0n) is 8.88. The quantitative estimate of drug-likeness (QED) is 0.715. The lowest BCUT2D eigenvalue weighted by Gasteiger charge is -2.26. The summed E-state index contributed by atoms with van der Waals surface area (Å²) >= 11 is 0. The molecule has 2 nitrogen and oxygen atoms in total. The minimum atomic E-state index is -0.439. The molecular formula is C11H22O2. The van der Waals surface area contributed by atoms with Crippen LogP contribution in [-0.2, 0) is 4.74 Å². The Balaban J connectivity index is 2.22. The van der Waals surface area contributed by atoms with Crippen molar-refractivity contribution in [1.82, 2.24) is 0 Å². The zero-order valence-corrected chi connectivity index (χ0v) is 8.88. The summed E-state index contributed by atoms with van der Waals surface area (Å²) in [6.07, 6.45) is 6.43. The molecule has 0 aromatic rings. The molecule has 1 N–H and O–H groups in total. The first kappa shape index (κ1) is 11.0. The molecule has 0 bridgehead atoms. The lowest BCUT2D eigenvalue weighted by Crippen LogP contribution is -2.28. The van der Waals surface area contributed by atoms with Crippen LogP contribution >= 0.6 is 0 Å². The van der Waals surface area contributed by atoms with Gasteiger partial charge in [0, 0.05) is 6.61 Å². The second-order valence-electron chi connectivity index (χ2n) is 4.11. The molecule has 0 aromatic heterocycles. The molecule has 0 spiro atoms. The first-order valence-electron chi connectivity index (χ1n) is 5.54. The fraction of sp³-hybridized carbons (Fsp3) is 1.00. The van der Waals surface area contributed by atoms with E-state index in [0.717, 1.165) is 32.3 Å². The Hall–Kier alpha value is -0.0800. The maximum absolute atomic E-state index is 10.0. The Bertz CT molecular complexity index is 135. The van der Waals surface area contributed by atoms with Crippen LogP contribution in [0.1, 0.15) is 52.4 Å². The van der Waals surface area contributed by atoms with Crippen molar-refractivity contribution in [3.63, 3.8) is 0 Å².